The maximum Gasteiger partial charge on any atom is 0.228 e. The van der Waals surface area contributed by atoms with Gasteiger partial charge < -0.3 is 9.64 Å². The first-order valence-electron chi connectivity index (χ1n) is 9.17. The van der Waals surface area contributed by atoms with Crippen LogP contribution < -0.4 is 0 Å². The fourth-order valence-electron chi connectivity index (χ4n) is 3.60. The predicted octanol–water partition coefficient (Wildman–Crippen LogP) is 3.06. The first-order chi connectivity index (χ1) is 12.2. The molecule has 1 fully saturated rings. The summed E-state index contributed by atoms with van der Waals surface area (Å²) < 4.78 is 7.91. The minimum atomic E-state index is 0.199. The third-order valence-corrected chi connectivity index (χ3v) is 5.93. The molecule has 1 aliphatic heterocycles. The molecule has 2 aromatic rings. The van der Waals surface area contributed by atoms with Crippen molar-refractivity contribution in [3.8, 4) is 0 Å². The third-order valence-electron chi connectivity index (χ3n) is 5.06. The van der Waals surface area contributed by atoms with Crippen LogP contribution in [-0.4, -0.2) is 40.3 Å². The summed E-state index contributed by atoms with van der Waals surface area (Å²) in [5.74, 6) is 1.21. The van der Waals surface area contributed by atoms with Crippen molar-refractivity contribution in [2.45, 2.75) is 45.2 Å². The van der Waals surface area contributed by atoms with Crippen molar-refractivity contribution in [2.24, 2.45) is 5.92 Å². The number of thiophene rings is 1. The van der Waals surface area contributed by atoms with Crippen molar-refractivity contribution in [1.82, 2.24) is 14.7 Å². The summed E-state index contributed by atoms with van der Waals surface area (Å²) in [6.07, 6.45) is 5.08. The molecule has 0 unspecified atom stereocenters. The molecule has 0 spiro atoms. The largest absolute Gasteiger partial charge is 0.381 e. The number of carbonyl (C=O) groups is 1. The first kappa shape index (κ1) is 16.8. The lowest BCUT2D eigenvalue weighted by molar-refractivity contribution is -0.132. The number of nitrogens with zero attached hydrogens (tertiary/aromatic N) is 3. The molecule has 4 rings (SSSR count). The molecule has 1 amide bonds. The topological polar surface area (TPSA) is 47.4 Å². The molecule has 5 nitrogen and oxygen atoms in total. The monoisotopic (exact) mass is 359 g/mol. The lowest BCUT2D eigenvalue weighted by Crippen LogP contribution is -2.40. The lowest BCUT2D eigenvalue weighted by Gasteiger charge is -2.33. The van der Waals surface area contributed by atoms with Gasteiger partial charge in [-0.15, -0.1) is 11.3 Å². The van der Waals surface area contributed by atoms with E-state index in [-0.39, 0.29) is 11.8 Å². The Kier molecular flexibility index (Phi) is 4.90. The normalized spacial score (nSPS) is 19.9. The Hall–Kier alpha value is -1.66. The molecular weight excluding hydrogens is 334 g/mol. The second kappa shape index (κ2) is 7.30. The summed E-state index contributed by atoms with van der Waals surface area (Å²) in [7, 11) is 0. The second-order valence-electron chi connectivity index (χ2n) is 7.07. The lowest BCUT2D eigenvalue weighted by atomic mass is 9.96. The zero-order valence-corrected chi connectivity index (χ0v) is 15.5. The average molecular weight is 359 g/mol. The summed E-state index contributed by atoms with van der Waals surface area (Å²) in [5.41, 5.74) is 2.48. The SMILES string of the molecule is CCOC[C@@H]1CN(C(=O)Cc2cccs2)Cc2cnn(CC3CC3)c21. The van der Waals surface area contributed by atoms with Gasteiger partial charge in [0.05, 0.1) is 24.9 Å². The van der Waals surface area contributed by atoms with Crippen LogP contribution in [0.4, 0.5) is 0 Å². The number of aromatic nitrogens is 2. The van der Waals surface area contributed by atoms with Crippen molar-refractivity contribution in [3.05, 3.63) is 39.8 Å². The van der Waals surface area contributed by atoms with Gasteiger partial charge in [0.1, 0.15) is 0 Å². The summed E-state index contributed by atoms with van der Waals surface area (Å²) in [6, 6.07) is 4.03. The molecule has 0 aromatic carbocycles. The van der Waals surface area contributed by atoms with Crippen LogP contribution in [0, 0.1) is 5.92 Å². The molecule has 25 heavy (non-hydrogen) atoms. The third kappa shape index (κ3) is 3.80. The van der Waals surface area contributed by atoms with Gasteiger partial charge in [-0.3, -0.25) is 9.48 Å². The van der Waals surface area contributed by atoms with Crippen molar-refractivity contribution in [2.75, 3.05) is 19.8 Å². The van der Waals surface area contributed by atoms with Crippen LogP contribution >= 0.6 is 11.3 Å². The molecule has 0 N–H and O–H groups in total. The molecule has 6 heteroatoms. The van der Waals surface area contributed by atoms with Crippen LogP contribution in [0.2, 0.25) is 0 Å². The van der Waals surface area contributed by atoms with E-state index in [4.69, 9.17) is 4.74 Å². The number of fused-ring (bicyclic) bond motifs is 1. The van der Waals surface area contributed by atoms with Gasteiger partial charge >= 0.3 is 0 Å². The van der Waals surface area contributed by atoms with E-state index in [0.29, 0.717) is 26.2 Å². The number of ether oxygens (including phenoxy) is 1. The van der Waals surface area contributed by atoms with Gasteiger partial charge in [0, 0.05) is 42.6 Å². The van der Waals surface area contributed by atoms with E-state index in [1.54, 1.807) is 11.3 Å². The van der Waals surface area contributed by atoms with Crippen LogP contribution in [-0.2, 0) is 29.0 Å². The maximum absolute atomic E-state index is 12.8. The molecule has 0 saturated heterocycles. The number of amides is 1. The molecule has 134 valence electrons. The zero-order valence-electron chi connectivity index (χ0n) is 14.7. The van der Waals surface area contributed by atoms with Crippen molar-refractivity contribution < 1.29 is 9.53 Å². The van der Waals surface area contributed by atoms with Gasteiger partial charge in [0.15, 0.2) is 0 Å². The summed E-state index contributed by atoms with van der Waals surface area (Å²) in [6.45, 7) is 5.79. The van der Waals surface area contributed by atoms with Gasteiger partial charge in [-0.2, -0.15) is 5.10 Å². The second-order valence-corrected chi connectivity index (χ2v) is 8.10. The summed E-state index contributed by atoms with van der Waals surface area (Å²) >= 11 is 1.64. The van der Waals surface area contributed by atoms with Gasteiger partial charge in [0.25, 0.3) is 0 Å². The minimum Gasteiger partial charge on any atom is -0.381 e. The Morgan fingerprint density at radius 2 is 2.32 bits per heavy atom. The predicted molar refractivity (Wildman–Crippen MR) is 97.6 cm³/mol. The number of carbonyl (C=O) groups excluding carboxylic acids is 1. The van der Waals surface area contributed by atoms with E-state index in [1.165, 1.54) is 24.1 Å². The Bertz CT molecular complexity index is 721. The quantitative estimate of drug-likeness (QED) is 0.763. The molecule has 2 aromatic heterocycles. The van der Waals surface area contributed by atoms with Crippen molar-refractivity contribution in [3.63, 3.8) is 0 Å². The molecule has 0 bridgehead atoms. The standard InChI is InChI=1S/C19H25N3O2S/c1-2-24-13-16-12-21(18(23)8-17-4-3-7-25-17)11-15-9-20-22(19(15)16)10-14-5-6-14/h3-4,7,9,14,16H,2,5-6,8,10-13H2,1H3/t16-/m0/s1. The van der Waals surface area contributed by atoms with Crippen molar-refractivity contribution >= 4 is 17.2 Å². The smallest absolute Gasteiger partial charge is 0.228 e. The van der Waals surface area contributed by atoms with Gasteiger partial charge in [-0.25, -0.2) is 0 Å². The highest BCUT2D eigenvalue weighted by Crippen LogP contribution is 2.34. The van der Waals surface area contributed by atoms with Gasteiger partial charge in [-0.05, 0) is 37.1 Å². The van der Waals surface area contributed by atoms with E-state index < -0.39 is 0 Å². The fraction of sp³-hybridized carbons (Fsp3) is 0.579. The van der Waals surface area contributed by atoms with Crippen LogP contribution in [0.15, 0.2) is 23.7 Å². The Labute approximate surface area is 152 Å². The fourth-order valence-corrected chi connectivity index (χ4v) is 4.29. The van der Waals surface area contributed by atoms with Gasteiger partial charge in [0.2, 0.25) is 5.91 Å². The highest BCUT2D eigenvalue weighted by Gasteiger charge is 2.33. The molecule has 1 aliphatic carbocycles. The van der Waals surface area contributed by atoms with E-state index in [0.717, 1.165) is 23.9 Å². The zero-order chi connectivity index (χ0) is 17.2. The van der Waals surface area contributed by atoms with Crippen LogP contribution in [0.3, 0.4) is 0 Å². The van der Waals surface area contributed by atoms with Crippen LogP contribution in [0.1, 0.15) is 41.8 Å². The summed E-state index contributed by atoms with van der Waals surface area (Å²) in [5, 5.41) is 6.66. The highest BCUT2D eigenvalue weighted by atomic mass is 32.1. The Balaban J connectivity index is 1.52. The Morgan fingerprint density at radius 3 is 3.04 bits per heavy atom. The summed E-state index contributed by atoms with van der Waals surface area (Å²) in [4.78, 5) is 15.9. The number of rotatable bonds is 7. The van der Waals surface area contributed by atoms with Crippen LogP contribution in [0.5, 0.6) is 0 Å². The number of hydrogen-bond acceptors (Lipinski definition) is 4. The van der Waals surface area contributed by atoms with E-state index in [9.17, 15) is 4.79 Å². The average Bonchev–Trinajstić information content (AvgIpc) is 3.11. The molecule has 1 atom stereocenters. The molecule has 0 radical (unpaired) electrons. The molecule has 3 heterocycles. The minimum absolute atomic E-state index is 0.199. The van der Waals surface area contributed by atoms with E-state index in [2.05, 4.69) is 9.78 Å². The van der Waals surface area contributed by atoms with Crippen LogP contribution in [0.25, 0.3) is 0 Å². The molecule has 2 aliphatic rings. The number of hydrogen-bond donors (Lipinski definition) is 0. The first-order valence-corrected chi connectivity index (χ1v) is 10.0. The molecular formula is C19H25N3O2S. The highest BCUT2D eigenvalue weighted by molar-refractivity contribution is 7.10. The van der Waals surface area contributed by atoms with Crippen molar-refractivity contribution in [1.29, 1.82) is 0 Å². The van der Waals surface area contributed by atoms with E-state index in [1.807, 2.05) is 35.5 Å². The maximum atomic E-state index is 12.8. The van der Waals surface area contributed by atoms with E-state index >= 15 is 0 Å². The van der Waals surface area contributed by atoms with Gasteiger partial charge in [-0.1, -0.05) is 6.07 Å². The Morgan fingerprint density at radius 1 is 1.44 bits per heavy atom. The molecule has 1 saturated carbocycles.